The number of carbonyl (C=O) groups is 6. The van der Waals surface area contributed by atoms with Crippen LogP contribution < -0.4 is 27.4 Å². The first-order valence-corrected chi connectivity index (χ1v) is 12.1. The SMILES string of the molecule is CSCCC(NC(=O)C(N)CC(C)C)C(=O)NC(CCC(=O)O)C(=O)NC(CC(N)=O)C(=O)O. The van der Waals surface area contributed by atoms with Crippen molar-refractivity contribution in [2.45, 2.75) is 70.1 Å². The second-order valence-corrected chi connectivity index (χ2v) is 9.13. The van der Waals surface area contributed by atoms with Crippen LogP contribution in [0.15, 0.2) is 0 Å². The number of thioether (sulfide) groups is 1. The smallest absolute Gasteiger partial charge is 0.326 e. The molecule has 0 aliphatic carbocycles. The van der Waals surface area contributed by atoms with E-state index in [0.29, 0.717) is 12.2 Å². The molecule has 0 saturated carbocycles. The minimum absolute atomic E-state index is 0.144. The Hall–Kier alpha value is -2.87. The van der Waals surface area contributed by atoms with Gasteiger partial charge in [0.15, 0.2) is 0 Å². The molecule has 0 heterocycles. The third kappa shape index (κ3) is 13.0. The topological polar surface area (TPSA) is 231 Å². The van der Waals surface area contributed by atoms with Gasteiger partial charge in [-0.15, -0.1) is 0 Å². The van der Waals surface area contributed by atoms with Crippen LogP contribution in [-0.4, -0.2) is 82.0 Å². The Bertz CT molecular complexity index is 748. The van der Waals surface area contributed by atoms with Crippen LogP contribution in [0.3, 0.4) is 0 Å². The van der Waals surface area contributed by atoms with Crippen LogP contribution in [-0.2, 0) is 28.8 Å². The summed E-state index contributed by atoms with van der Waals surface area (Å²) in [7, 11) is 0. The second kappa shape index (κ2) is 15.9. The predicted octanol–water partition coefficient (Wildman–Crippen LogP) is -1.61. The summed E-state index contributed by atoms with van der Waals surface area (Å²) in [6, 6.07) is -4.99. The van der Waals surface area contributed by atoms with E-state index in [1.807, 2.05) is 13.8 Å². The van der Waals surface area contributed by atoms with E-state index in [2.05, 4.69) is 16.0 Å². The number of carboxylic acid groups (broad SMARTS) is 2. The van der Waals surface area contributed by atoms with Crippen molar-refractivity contribution in [2.75, 3.05) is 12.0 Å². The fourth-order valence-electron chi connectivity index (χ4n) is 2.88. The monoisotopic (exact) mass is 505 g/mol. The van der Waals surface area contributed by atoms with Crippen LogP contribution in [0.25, 0.3) is 0 Å². The number of primary amides is 1. The predicted molar refractivity (Wildman–Crippen MR) is 125 cm³/mol. The van der Waals surface area contributed by atoms with E-state index in [4.69, 9.17) is 16.6 Å². The summed E-state index contributed by atoms with van der Waals surface area (Å²) in [6.45, 7) is 3.78. The second-order valence-electron chi connectivity index (χ2n) is 8.14. The van der Waals surface area contributed by atoms with E-state index in [-0.39, 0.29) is 18.8 Å². The summed E-state index contributed by atoms with van der Waals surface area (Å²) in [5, 5.41) is 25.2. The van der Waals surface area contributed by atoms with Crippen molar-refractivity contribution in [3.05, 3.63) is 0 Å². The molecular weight excluding hydrogens is 470 g/mol. The molecule has 0 aromatic rings. The van der Waals surface area contributed by atoms with Gasteiger partial charge >= 0.3 is 11.9 Å². The van der Waals surface area contributed by atoms with Crippen molar-refractivity contribution in [1.29, 1.82) is 0 Å². The summed E-state index contributed by atoms with van der Waals surface area (Å²) < 4.78 is 0. The van der Waals surface area contributed by atoms with Crippen LogP contribution in [0.5, 0.6) is 0 Å². The van der Waals surface area contributed by atoms with E-state index >= 15 is 0 Å². The highest BCUT2D eigenvalue weighted by Crippen LogP contribution is 2.07. The van der Waals surface area contributed by atoms with Gasteiger partial charge in [-0.25, -0.2) is 4.79 Å². The molecule has 194 valence electrons. The summed E-state index contributed by atoms with van der Waals surface area (Å²) in [5.74, 6) is -5.42. The van der Waals surface area contributed by atoms with Gasteiger partial charge in [-0.2, -0.15) is 11.8 Å². The number of nitrogens with one attached hydrogen (secondary N) is 3. The van der Waals surface area contributed by atoms with Crippen molar-refractivity contribution < 1.29 is 39.0 Å². The van der Waals surface area contributed by atoms with E-state index in [0.717, 1.165) is 0 Å². The molecule has 0 aromatic carbocycles. The first-order valence-electron chi connectivity index (χ1n) is 10.7. The molecule has 4 amide bonds. The van der Waals surface area contributed by atoms with Gasteiger partial charge in [-0.3, -0.25) is 24.0 Å². The molecule has 13 nitrogen and oxygen atoms in total. The number of aliphatic carboxylic acids is 2. The molecule has 0 rings (SSSR count). The molecule has 4 atom stereocenters. The lowest BCUT2D eigenvalue weighted by atomic mass is 10.0. The van der Waals surface area contributed by atoms with Crippen molar-refractivity contribution >= 4 is 47.3 Å². The minimum atomic E-state index is -1.66. The highest BCUT2D eigenvalue weighted by Gasteiger charge is 2.31. The Morgan fingerprint density at radius 1 is 0.853 bits per heavy atom. The molecule has 0 aliphatic rings. The van der Waals surface area contributed by atoms with Crippen LogP contribution in [0.2, 0.25) is 0 Å². The molecule has 0 fully saturated rings. The third-order valence-corrected chi connectivity index (χ3v) is 5.25. The average molecular weight is 506 g/mol. The lowest BCUT2D eigenvalue weighted by Gasteiger charge is -2.25. The Labute approximate surface area is 202 Å². The maximum Gasteiger partial charge on any atom is 0.326 e. The van der Waals surface area contributed by atoms with Gasteiger partial charge in [0, 0.05) is 6.42 Å². The number of amides is 4. The fourth-order valence-corrected chi connectivity index (χ4v) is 3.35. The van der Waals surface area contributed by atoms with Gasteiger partial charge in [-0.05, 0) is 37.2 Å². The highest BCUT2D eigenvalue weighted by molar-refractivity contribution is 7.98. The molecule has 4 unspecified atom stereocenters. The zero-order valence-corrected chi connectivity index (χ0v) is 20.4. The van der Waals surface area contributed by atoms with Gasteiger partial charge in [-0.1, -0.05) is 13.8 Å². The first kappa shape index (κ1) is 31.1. The summed E-state index contributed by atoms with van der Waals surface area (Å²) in [4.78, 5) is 71.3. The van der Waals surface area contributed by atoms with Crippen LogP contribution in [0.4, 0.5) is 0 Å². The van der Waals surface area contributed by atoms with Crippen LogP contribution in [0.1, 0.15) is 46.0 Å². The number of carbonyl (C=O) groups excluding carboxylic acids is 4. The van der Waals surface area contributed by atoms with E-state index in [1.54, 1.807) is 6.26 Å². The van der Waals surface area contributed by atoms with Crippen LogP contribution in [0, 0.1) is 5.92 Å². The largest absolute Gasteiger partial charge is 0.481 e. The number of rotatable bonds is 17. The summed E-state index contributed by atoms with van der Waals surface area (Å²) in [6.07, 6.45) is 0.845. The molecule has 0 aromatic heterocycles. The summed E-state index contributed by atoms with van der Waals surface area (Å²) in [5.41, 5.74) is 10.9. The average Bonchev–Trinajstić information content (AvgIpc) is 2.71. The van der Waals surface area contributed by atoms with E-state index in [1.165, 1.54) is 11.8 Å². The Kier molecular flexibility index (Phi) is 14.5. The zero-order chi connectivity index (χ0) is 26.4. The first-order chi connectivity index (χ1) is 15.8. The number of carboxylic acids is 2. The van der Waals surface area contributed by atoms with Gasteiger partial charge < -0.3 is 37.6 Å². The maximum atomic E-state index is 12.9. The molecule has 0 saturated heterocycles. The highest BCUT2D eigenvalue weighted by atomic mass is 32.2. The molecule has 0 aliphatic heterocycles. The normalized spacial score (nSPS) is 14.4. The Morgan fingerprint density at radius 2 is 1.35 bits per heavy atom. The van der Waals surface area contributed by atoms with Gasteiger partial charge in [0.1, 0.15) is 18.1 Å². The number of hydrogen-bond donors (Lipinski definition) is 7. The van der Waals surface area contributed by atoms with Gasteiger partial charge in [0.2, 0.25) is 23.6 Å². The lowest BCUT2D eigenvalue weighted by molar-refractivity contribution is -0.144. The molecular formula is C20H35N5O8S. The maximum absolute atomic E-state index is 12.9. The molecule has 0 spiro atoms. The summed E-state index contributed by atoms with van der Waals surface area (Å²) >= 11 is 1.42. The molecule has 0 radical (unpaired) electrons. The van der Waals surface area contributed by atoms with Crippen molar-refractivity contribution in [1.82, 2.24) is 16.0 Å². The minimum Gasteiger partial charge on any atom is -0.481 e. The van der Waals surface area contributed by atoms with Gasteiger partial charge in [0.25, 0.3) is 0 Å². The quantitative estimate of drug-likeness (QED) is 0.119. The van der Waals surface area contributed by atoms with E-state index < -0.39 is 72.6 Å². The van der Waals surface area contributed by atoms with Crippen LogP contribution >= 0.6 is 11.8 Å². The molecule has 9 N–H and O–H groups in total. The third-order valence-electron chi connectivity index (χ3n) is 4.61. The van der Waals surface area contributed by atoms with Crippen molar-refractivity contribution in [3.63, 3.8) is 0 Å². The molecule has 0 bridgehead atoms. The fraction of sp³-hybridized carbons (Fsp3) is 0.700. The Balaban J connectivity index is 5.54. The standard InChI is InChI=1S/C20H35N5O8S/c1-10(2)8-11(21)17(29)23-13(6-7-34-3)19(31)24-12(4-5-16(27)28)18(30)25-14(20(32)33)9-15(22)26/h10-14H,4-9,21H2,1-3H3,(H2,22,26)(H,23,29)(H,24,31)(H,25,30)(H,27,28)(H,32,33). The lowest BCUT2D eigenvalue weighted by Crippen LogP contribution is -2.57. The van der Waals surface area contributed by atoms with Crippen molar-refractivity contribution in [2.24, 2.45) is 17.4 Å². The number of nitrogens with two attached hydrogens (primary N) is 2. The Morgan fingerprint density at radius 3 is 1.79 bits per heavy atom. The van der Waals surface area contributed by atoms with Crippen molar-refractivity contribution in [3.8, 4) is 0 Å². The molecule has 34 heavy (non-hydrogen) atoms. The molecule has 14 heteroatoms. The zero-order valence-electron chi connectivity index (χ0n) is 19.5. The van der Waals surface area contributed by atoms with E-state index in [9.17, 15) is 33.9 Å². The number of hydrogen-bond acceptors (Lipinski definition) is 8. The van der Waals surface area contributed by atoms with Gasteiger partial charge in [0.05, 0.1) is 12.5 Å².